The molecule has 9 heteroatoms. The number of carbonyl (C=O) groups excluding carboxylic acids is 2. The van der Waals surface area contributed by atoms with E-state index in [2.05, 4.69) is 15.5 Å². The van der Waals surface area contributed by atoms with Gasteiger partial charge in [0, 0.05) is 22.4 Å². The van der Waals surface area contributed by atoms with E-state index in [0.717, 1.165) is 21.9 Å². The van der Waals surface area contributed by atoms with Crippen LogP contribution in [0.25, 0.3) is 0 Å². The predicted molar refractivity (Wildman–Crippen MR) is 115 cm³/mol. The summed E-state index contributed by atoms with van der Waals surface area (Å²) in [5.41, 5.74) is 2.54. The van der Waals surface area contributed by atoms with Gasteiger partial charge in [0.25, 0.3) is 5.91 Å². The maximum atomic E-state index is 12.7. The van der Waals surface area contributed by atoms with Crippen molar-refractivity contribution >= 4 is 40.9 Å². The Balaban J connectivity index is 1.66. The number of carbonyl (C=O) groups is 2. The fraction of sp³-hybridized carbons (Fsp3) is 0.238. The lowest BCUT2D eigenvalue weighted by atomic mass is 10.2. The Morgan fingerprint density at radius 2 is 2.00 bits per heavy atom. The fourth-order valence-electron chi connectivity index (χ4n) is 2.61. The Bertz CT molecular complexity index is 1050. The lowest BCUT2D eigenvalue weighted by molar-refractivity contribution is -0.123. The Morgan fingerprint density at radius 1 is 1.23 bits per heavy atom. The number of aryl methyl sites for hydroxylation is 2. The van der Waals surface area contributed by atoms with E-state index in [4.69, 9.17) is 20.9 Å². The summed E-state index contributed by atoms with van der Waals surface area (Å²) in [6, 6.07) is 10.3. The zero-order valence-electron chi connectivity index (χ0n) is 16.6. The fourth-order valence-corrected chi connectivity index (χ4v) is 3.97. The van der Waals surface area contributed by atoms with Gasteiger partial charge in [0.1, 0.15) is 5.76 Å². The summed E-state index contributed by atoms with van der Waals surface area (Å²) in [7, 11) is 0. The van der Waals surface area contributed by atoms with Gasteiger partial charge < -0.3 is 14.6 Å². The normalized spacial score (nSPS) is 11.7. The zero-order chi connectivity index (χ0) is 21.7. The molecule has 0 bridgehead atoms. The number of ether oxygens (including phenoxy) is 1. The Kier molecular flexibility index (Phi) is 7.12. The molecule has 0 saturated heterocycles. The minimum Gasteiger partial charge on any atom is -0.449 e. The zero-order valence-corrected chi connectivity index (χ0v) is 18.2. The maximum Gasteiger partial charge on any atom is 0.340 e. The van der Waals surface area contributed by atoms with Gasteiger partial charge in [-0.05, 0) is 45.0 Å². The molecule has 3 rings (SSSR count). The SMILES string of the molecule is Cc1noc(C)c1CSc1ccccc1C(=O)OC(C)C(=O)Nc1cccnc1Cl. The van der Waals surface area contributed by atoms with Crippen molar-refractivity contribution in [2.45, 2.75) is 37.5 Å². The van der Waals surface area contributed by atoms with Crippen molar-refractivity contribution in [3.63, 3.8) is 0 Å². The standard InChI is InChI=1S/C21H20ClN3O4S/c1-12-16(13(2)29-25-12)11-30-18-9-5-4-7-15(18)21(27)28-14(3)20(26)24-17-8-6-10-23-19(17)22/h4-10,14H,11H2,1-3H3,(H,24,26). The monoisotopic (exact) mass is 445 g/mol. The van der Waals surface area contributed by atoms with Gasteiger partial charge in [0.15, 0.2) is 11.3 Å². The van der Waals surface area contributed by atoms with Crippen molar-refractivity contribution in [2.75, 3.05) is 5.32 Å². The number of esters is 1. The van der Waals surface area contributed by atoms with Crippen LogP contribution in [0.5, 0.6) is 0 Å². The molecule has 1 amide bonds. The number of hydrogen-bond donors (Lipinski definition) is 1. The lowest BCUT2D eigenvalue weighted by Crippen LogP contribution is -2.30. The number of halogens is 1. The molecule has 0 saturated carbocycles. The Morgan fingerprint density at radius 3 is 2.70 bits per heavy atom. The Labute approximate surface area is 183 Å². The number of anilines is 1. The van der Waals surface area contributed by atoms with Gasteiger partial charge in [-0.1, -0.05) is 28.9 Å². The number of pyridine rings is 1. The molecule has 1 N–H and O–H groups in total. The molecule has 0 fully saturated rings. The van der Waals surface area contributed by atoms with Gasteiger partial charge in [0.2, 0.25) is 0 Å². The van der Waals surface area contributed by atoms with E-state index < -0.39 is 18.0 Å². The largest absolute Gasteiger partial charge is 0.449 e. The van der Waals surface area contributed by atoms with Crippen LogP contribution in [0.4, 0.5) is 5.69 Å². The van der Waals surface area contributed by atoms with E-state index in [9.17, 15) is 9.59 Å². The van der Waals surface area contributed by atoms with Gasteiger partial charge in [-0.3, -0.25) is 4.79 Å². The molecule has 0 radical (unpaired) electrons. The minimum atomic E-state index is -1.02. The topological polar surface area (TPSA) is 94.3 Å². The Hall–Kier alpha value is -2.84. The average Bonchev–Trinajstić information content (AvgIpc) is 3.05. The number of rotatable bonds is 7. The third-order valence-electron chi connectivity index (χ3n) is 4.33. The molecule has 1 aromatic carbocycles. The molecular formula is C21H20ClN3O4S. The first kappa shape index (κ1) is 21.9. The van der Waals surface area contributed by atoms with Crippen LogP contribution in [0.1, 0.15) is 34.3 Å². The number of thioether (sulfide) groups is 1. The van der Waals surface area contributed by atoms with Crippen molar-refractivity contribution < 1.29 is 18.8 Å². The van der Waals surface area contributed by atoms with Crippen LogP contribution in [0, 0.1) is 13.8 Å². The molecular weight excluding hydrogens is 426 g/mol. The molecule has 1 atom stereocenters. The highest BCUT2D eigenvalue weighted by Gasteiger charge is 2.22. The molecule has 0 aliphatic rings. The summed E-state index contributed by atoms with van der Waals surface area (Å²) < 4.78 is 10.6. The van der Waals surface area contributed by atoms with E-state index in [1.54, 1.807) is 24.3 Å². The third kappa shape index (κ3) is 5.20. The molecule has 2 aromatic heterocycles. The molecule has 3 aromatic rings. The number of hydrogen-bond acceptors (Lipinski definition) is 7. The van der Waals surface area contributed by atoms with Crippen LogP contribution in [0.3, 0.4) is 0 Å². The molecule has 30 heavy (non-hydrogen) atoms. The second-order valence-corrected chi connectivity index (χ2v) is 7.84. The van der Waals surface area contributed by atoms with Crippen molar-refractivity contribution in [1.82, 2.24) is 10.1 Å². The van der Waals surface area contributed by atoms with E-state index in [1.807, 2.05) is 26.0 Å². The highest BCUT2D eigenvalue weighted by Crippen LogP contribution is 2.29. The second kappa shape index (κ2) is 9.77. The summed E-state index contributed by atoms with van der Waals surface area (Å²) in [6.45, 7) is 5.23. The van der Waals surface area contributed by atoms with E-state index >= 15 is 0 Å². The molecule has 1 unspecified atom stereocenters. The highest BCUT2D eigenvalue weighted by atomic mass is 35.5. The van der Waals surface area contributed by atoms with Crippen LogP contribution in [0.2, 0.25) is 5.15 Å². The van der Waals surface area contributed by atoms with Gasteiger partial charge in [-0.15, -0.1) is 11.8 Å². The summed E-state index contributed by atoms with van der Waals surface area (Å²) >= 11 is 7.42. The van der Waals surface area contributed by atoms with E-state index in [1.165, 1.54) is 24.9 Å². The quantitative estimate of drug-likeness (QED) is 0.316. The van der Waals surface area contributed by atoms with Crippen LogP contribution < -0.4 is 5.32 Å². The first-order chi connectivity index (χ1) is 14.4. The first-order valence-corrected chi connectivity index (χ1v) is 10.5. The molecule has 156 valence electrons. The molecule has 0 aliphatic carbocycles. The minimum absolute atomic E-state index is 0.158. The van der Waals surface area contributed by atoms with Gasteiger partial charge in [-0.25, -0.2) is 9.78 Å². The number of aromatic nitrogens is 2. The van der Waals surface area contributed by atoms with Crippen LogP contribution in [-0.4, -0.2) is 28.1 Å². The lowest BCUT2D eigenvalue weighted by Gasteiger charge is -2.15. The average molecular weight is 446 g/mol. The van der Waals surface area contributed by atoms with Crippen molar-refractivity contribution in [3.8, 4) is 0 Å². The first-order valence-electron chi connectivity index (χ1n) is 9.12. The van der Waals surface area contributed by atoms with Gasteiger partial charge >= 0.3 is 5.97 Å². The van der Waals surface area contributed by atoms with Crippen molar-refractivity contribution in [3.05, 3.63) is 70.3 Å². The van der Waals surface area contributed by atoms with E-state index in [-0.39, 0.29) is 5.15 Å². The summed E-state index contributed by atoms with van der Waals surface area (Å²) in [6.07, 6.45) is 0.493. The maximum absolute atomic E-state index is 12.7. The molecule has 0 aliphatic heterocycles. The predicted octanol–water partition coefficient (Wildman–Crippen LogP) is 4.82. The third-order valence-corrected chi connectivity index (χ3v) is 5.73. The van der Waals surface area contributed by atoms with Crippen molar-refractivity contribution in [1.29, 1.82) is 0 Å². The van der Waals surface area contributed by atoms with Crippen LogP contribution in [0.15, 0.2) is 52.0 Å². The molecule has 2 heterocycles. The summed E-state index contributed by atoms with van der Waals surface area (Å²) in [5, 5.41) is 6.71. The smallest absolute Gasteiger partial charge is 0.340 e. The number of nitrogens with one attached hydrogen (secondary N) is 1. The van der Waals surface area contributed by atoms with Crippen LogP contribution >= 0.6 is 23.4 Å². The van der Waals surface area contributed by atoms with E-state index in [0.29, 0.717) is 17.0 Å². The summed E-state index contributed by atoms with van der Waals surface area (Å²) in [5.74, 6) is 0.261. The second-order valence-electron chi connectivity index (χ2n) is 6.47. The van der Waals surface area contributed by atoms with Crippen molar-refractivity contribution in [2.24, 2.45) is 0 Å². The number of benzene rings is 1. The molecule has 0 spiro atoms. The van der Waals surface area contributed by atoms with Gasteiger partial charge in [0.05, 0.1) is 16.9 Å². The van der Waals surface area contributed by atoms with Crippen LogP contribution in [-0.2, 0) is 15.3 Å². The highest BCUT2D eigenvalue weighted by molar-refractivity contribution is 7.98. The summed E-state index contributed by atoms with van der Waals surface area (Å²) in [4.78, 5) is 29.7. The number of amides is 1. The molecule has 7 nitrogen and oxygen atoms in total. The number of nitrogens with zero attached hydrogens (tertiary/aromatic N) is 2. The van der Waals surface area contributed by atoms with Gasteiger partial charge in [-0.2, -0.15) is 0 Å².